The number of nitrogens with one attached hydrogen (secondary N) is 1. The monoisotopic (exact) mass is 435 g/mol. The first-order chi connectivity index (χ1) is 15.7. The second-order valence-corrected chi connectivity index (χ2v) is 8.93. The molecule has 0 radical (unpaired) electrons. The smallest absolute Gasteiger partial charge is 0.253 e. The molecule has 1 N–H and O–H groups in total. The molecule has 2 fully saturated rings. The number of hydrogen-bond donors (Lipinski definition) is 1. The third-order valence-electron chi connectivity index (χ3n) is 7.17. The largest absolute Gasteiger partial charge is 0.497 e. The number of nitrogens with zero attached hydrogens (tertiary/aromatic N) is 2. The maximum Gasteiger partial charge on any atom is 0.253 e. The predicted molar refractivity (Wildman–Crippen MR) is 129 cm³/mol. The van der Waals surface area contributed by atoms with Crippen molar-refractivity contribution in [2.45, 2.75) is 57.7 Å². The molecule has 3 unspecified atom stereocenters. The number of hydrogen-bond acceptors (Lipinski definition) is 4. The van der Waals surface area contributed by atoms with Crippen LogP contribution in [0.15, 0.2) is 48.5 Å². The number of fused-ring (bicyclic) bond motifs is 1. The summed E-state index contributed by atoms with van der Waals surface area (Å²) in [6.45, 7) is 7.73. The molecule has 2 saturated heterocycles. The second-order valence-electron chi connectivity index (χ2n) is 8.93. The van der Waals surface area contributed by atoms with Gasteiger partial charge in [-0.3, -0.25) is 9.69 Å². The molecule has 2 heterocycles. The Kier molecular flexibility index (Phi) is 7.48. The fourth-order valence-corrected chi connectivity index (χ4v) is 5.50. The molecule has 2 aromatic rings. The standard InChI is InChI=1S/C27H37N3O2/c1-4-29(5-2)27(31)21-15-13-20(14-16-21)26(22-9-6-10-23(19-22)32-3)30-18-8-11-24-25(30)12-7-17-28-24/h6,9-10,13-16,19,24-26,28H,4-5,7-8,11-12,17-18H2,1-3H3. The number of carbonyl (C=O) groups excluding carboxylic acids is 1. The van der Waals surface area contributed by atoms with Crippen LogP contribution in [-0.4, -0.2) is 61.1 Å². The lowest BCUT2D eigenvalue weighted by atomic mass is 9.85. The number of carbonyl (C=O) groups is 1. The second kappa shape index (κ2) is 10.5. The molecule has 5 nitrogen and oxygen atoms in total. The van der Waals surface area contributed by atoms with Gasteiger partial charge in [-0.25, -0.2) is 0 Å². The van der Waals surface area contributed by atoms with Gasteiger partial charge in [-0.1, -0.05) is 24.3 Å². The van der Waals surface area contributed by atoms with Crippen molar-refractivity contribution in [3.05, 3.63) is 65.2 Å². The van der Waals surface area contributed by atoms with Crippen molar-refractivity contribution in [2.75, 3.05) is 33.3 Å². The average molecular weight is 436 g/mol. The Morgan fingerprint density at radius 2 is 1.88 bits per heavy atom. The molecular formula is C27H37N3O2. The number of rotatable bonds is 7. The van der Waals surface area contributed by atoms with Crippen molar-refractivity contribution in [3.8, 4) is 5.75 Å². The van der Waals surface area contributed by atoms with E-state index < -0.39 is 0 Å². The summed E-state index contributed by atoms with van der Waals surface area (Å²) in [6, 6.07) is 18.0. The van der Waals surface area contributed by atoms with E-state index in [9.17, 15) is 4.79 Å². The lowest BCUT2D eigenvalue weighted by Gasteiger charge is -2.48. The van der Waals surface area contributed by atoms with Crippen molar-refractivity contribution < 1.29 is 9.53 Å². The van der Waals surface area contributed by atoms with Crippen molar-refractivity contribution in [3.63, 3.8) is 0 Å². The zero-order valence-corrected chi connectivity index (χ0v) is 19.7. The Hall–Kier alpha value is -2.37. The molecule has 1 amide bonds. The van der Waals surface area contributed by atoms with Crippen LogP contribution >= 0.6 is 0 Å². The summed E-state index contributed by atoms with van der Waals surface area (Å²) in [6.07, 6.45) is 4.91. The van der Waals surface area contributed by atoms with Gasteiger partial charge in [-0.05, 0) is 88.0 Å². The maximum atomic E-state index is 12.8. The summed E-state index contributed by atoms with van der Waals surface area (Å²) < 4.78 is 5.56. The molecule has 172 valence electrons. The van der Waals surface area contributed by atoms with Gasteiger partial charge in [0.1, 0.15) is 5.75 Å². The Balaban J connectivity index is 1.70. The topological polar surface area (TPSA) is 44.8 Å². The number of amides is 1. The molecule has 0 saturated carbocycles. The fourth-order valence-electron chi connectivity index (χ4n) is 5.50. The van der Waals surface area contributed by atoms with Crippen LogP contribution < -0.4 is 10.1 Å². The van der Waals surface area contributed by atoms with E-state index in [-0.39, 0.29) is 11.9 Å². The Bertz CT molecular complexity index is 892. The third kappa shape index (κ3) is 4.69. The van der Waals surface area contributed by atoms with Crippen molar-refractivity contribution >= 4 is 5.91 Å². The van der Waals surface area contributed by atoms with Gasteiger partial charge in [0.25, 0.3) is 5.91 Å². The lowest BCUT2D eigenvalue weighted by molar-refractivity contribution is 0.0609. The molecule has 0 spiro atoms. The van der Waals surface area contributed by atoms with Gasteiger partial charge < -0.3 is 15.0 Å². The van der Waals surface area contributed by atoms with E-state index in [2.05, 4.69) is 40.5 Å². The molecule has 5 heteroatoms. The number of ether oxygens (including phenoxy) is 1. The van der Waals surface area contributed by atoms with Gasteiger partial charge in [0.05, 0.1) is 13.2 Å². The van der Waals surface area contributed by atoms with Crippen LogP contribution in [-0.2, 0) is 0 Å². The highest BCUT2D eigenvalue weighted by atomic mass is 16.5. The summed E-state index contributed by atoms with van der Waals surface area (Å²) in [5.74, 6) is 0.991. The number of likely N-dealkylation sites (tertiary alicyclic amines) is 1. The fraction of sp³-hybridized carbons (Fsp3) is 0.519. The van der Waals surface area contributed by atoms with Crippen molar-refractivity contribution in [1.29, 1.82) is 0 Å². The van der Waals surface area contributed by atoms with Crippen LogP contribution in [0.5, 0.6) is 5.75 Å². The third-order valence-corrected chi connectivity index (χ3v) is 7.17. The quantitative estimate of drug-likeness (QED) is 0.696. The van der Waals surface area contributed by atoms with Gasteiger partial charge in [0.15, 0.2) is 0 Å². The van der Waals surface area contributed by atoms with Crippen LogP contribution in [0, 0.1) is 0 Å². The minimum atomic E-state index is 0.106. The highest BCUT2D eigenvalue weighted by Gasteiger charge is 2.37. The molecule has 2 aliphatic heterocycles. The van der Waals surface area contributed by atoms with Crippen LogP contribution in [0.1, 0.15) is 67.1 Å². The van der Waals surface area contributed by atoms with E-state index in [0.717, 1.165) is 37.5 Å². The van der Waals surface area contributed by atoms with Gasteiger partial charge in [-0.2, -0.15) is 0 Å². The molecular weight excluding hydrogens is 398 g/mol. The van der Waals surface area contributed by atoms with E-state index >= 15 is 0 Å². The zero-order chi connectivity index (χ0) is 22.5. The van der Waals surface area contributed by atoms with Crippen molar-refractivity contribution in [1.82, 2.24) is 15.1 Å². The van der Waals surface area contributed by atoms with Crippen LogP contribution in [0.4, 0.5) is 0 Å². The number of piperidine rings is 2. The summed E-state index contributed by atoms with van der Waals surface area (Å²) in [7, 11) is 1.73. The average Bonchev–Trinajstić information content (AvgIpc) is 2.85. The lowest BCUT2D eigenvalue weighted by Crippen LogP contribution is -2.57. The molecule has 0 aromatic heterocycles. The molecule has 3 atom stereocenters. The van der Waals surface area contributed by atoms with Gasteiger partial charge in [-0.15, -0.1) is 0 Å². The van der Waals surface area contributed by atoms with E-state index in [4.69, 9.17) is 4.74 Å². The molecule has 2 aromatic carbocycles. The van der Waals surface area contributed by atoms with Crippen LogP contribution in [0.3, 0.4) is 0 Å². The predicted octanol–water partition coefficient (Wildman–Crippen LogP) is 4.48. The number of benzene rings is 2. The molecule has 4 rings (SSSR count). The van der Waals surface area contributed by atoms with Gasteiger partial charge in [0.2, 0.25) is 0 Å². The summed E-state index contributed by atoms with van der Waals surface area (Å²) in [5, 5.41) is 3.76. The minimum Gasteiger partial charge on any atom is -0.497 e. The van der Waals surface area contributed by atoms with Crippen molar-refractivity contribution in [2.24, 2.45) is 0 Å². The summed E-state index contributed by atoms with van der Waals surface area (Å²) in [4.78, 5) is 17.4. The summed E-state index contributed by atoms with van der Waals surface area (Å²) in [5.41, 5.74) is 3.25. The Morgan fingerprint density at radius 1 is 1.09 bits per heavy atom. The van der Waals surface area contributed by atoms with E-state index in [0.29, 0.717) is 12.1 Å². The van der Waals surface area contributed by atoms with Crippen LogP contribution in [0.25, 0.3) is 0 Å². The van der Waals surface area contributed by atoms with Crippen LogP contribution in [0.2, 0.25) is 0 Å². The Morgan fingerprint density at radius 3 is 2.59 bits per heavy atom. The summed E-state index contributed by atoms with van der Waals surface area (Å²) >= 11 is 0. The molecule has 0 aliphatic carbocycles. The highest BCUT2D eigenvalue weighted by molar-refractivity contribution is 5.94. The normalized spacial score (nSPS) is 22.1. The minimum absolute atomic E-state index is 0.106. The first-order valence-corrected chi connectivity index (χ1v) is 12.2. The van der Waals surface area contributed by atoms with Gasteiger partial charge >= 0.3 is 0 Å². The Labute approximate surface area is 192 Å². The SMILES string of the molecule is CCN(CC)C(=O)c1ccc(C(c2cccc(OC)c2)N2CCCC3NCCCC32)cc1. The highest BCUT2D eigenvalue weighted by Crippen LogP contribution is 2.37. The zero-order valence-electron chi connectivity index (χ0n) is 19.7. The number of methoxy groups -OCH3 is 1. The van der Waals surface area contributed by atoms with E-state index in [1.807, 2.05) is 36.9 Å². The molecule has 2 aliphatic rings. The van der Waals surface area contributed by atoms with E-state index in [1.165, 1.54) is 36.8 Å². The van der Waals surface area contributed by atoms with Gasteiger partial charge in [0, 0.05) is 30.7 Å². The molecule has 0 bridgehead atoms. The van der Waals surface area contributed by atoms with E-state index in [1.54, 1.807) is 7.11 Å². The first-order valence-electron chi connectivity index (χ1n) is 12.2. The molecule has 32 heavy (non-hydrogen) atoms. The first kappa shape index (κ1) is 22.8. The maximum absolute atomic E-state index is 12.8.